The summed E-state index contributed by atoms with van der Waals surface area (Å²) in [5.41, 5.74) is 3.79. The van der Waals surface area contributed by atoms with Gasteiger partial charge in [0.15, 0.2) is 4.96 Å². The number of fused-ring (bicyclic) bond motifs is 3. The molecule has 1 aliphatic carbocycles. The van der Waals surface area contributed by atoms with Crippen LogP contribution in [0.15, 0.2) is 59.4 Å². The fourth-order valence-electron chi connectivity index (χ4n) is 4.02. The molecule has 0 fully saturated rings. The number of hydrogen-bond donors (Lipinski definition) is 1. The molecule has 0 radical (unpaired) electrons. The number of thiazole rings is 1. The molecule has 6 nitrogen and oxygen atoms in total. The molecule has 5 rings (SSSR count). The summed E-state index contributed by atoms with van der Waals surface area (Å²) in [6.07, 6.45) is 4.22. The van der Waals surface area contributed by atoms with Gasteiger partial charge >= 0.3 is 0 Å². The van der Waals surface area contributed by atoms with Crippen molar-refractivity contribution in [1.29, 1.82) is 0 Å². The average Bonchev–Trinajstić information content (AvgIpc) is 3.18. The van der Waals surface area contributed by atoms with Crippen LogP contribution in [-0.2, 0) is 19.4 Å². The molecular weight excluding hydrogens is 422 g/mol. The highest BCUT2D eigenvalue weighted by Crippen LogP contribution is 2.29. The quantitative estimate of drug-likeness (QED) is 0.480. The van der Waals surface area contributed by atoms with Crippen LogP contribution in [0.1, 0.15) is 45.0 Å². The molecule has 32 heavy (non-hydrogen) atoms. The van der Waals surface area contributed by atoms with E-state index in [0.717, 1.165) is 41.9 Å². The lowest BCUT2D eigenvalue weighted by Crippen LogP contribution is -2.18. The third kappa shape index (κ3) is 4.03. The second-order valence-corrected chi connectivity index (χ2v) is 9.05. The number of hydrogen-bond acceptors (Lipinski definition) is 5. The van der Waals surface area contributed by atoms with E-state index in [2.05, 4.69) is 10.3 Å². The molecule has 2 aromatic heterocycles. The summed E-state index contributed by atoms with van der Waals surface area (Å²) in [5.74, 6) is 0.329. The van der Waals surface area contributed by atoms with E-state index in [9.17, 15) is 9.59 Å². The van der Waals surface area contributed by atoms with Gasteiger partial charge in [-0.15, -0.1) is 11.3 Å². The summed E-state index contributed by atoms with van der Waals surface area (Å²) >= 11 is 1.60. The van der Waals surface area contributed by atoms with Gasteiger partial charge in [-0.3, -0.25) is 14.0 Å². The molecule has 162 valence electrons. The standard InChI is InChI=1S/C25H23N3O3S/c1-16-11-12-21(19(13-16)27-24(30)17-7-3-2-4-8-17)31-15-18-14-23(29)28-20-9-5-6-10-22(20)32-25(28)26-18/h2-4,7-8,11-14H,5-6,9-10,15H2,1H3,(H,27,30). The van der Waals surface area contributed by atoms with Crippen LogP contribution in [0.2, 0.25) is 0 Å². The van der Waals surface area contributed by atoms with Crippen molar-refractivity contribution in [2.24, 2.45) is 0 Å². The number of carbonyl (C=O) groups is 1. The minimum Gasteiger partial charge on any atom is -0.485 e. The van der Waals surface area contributed by atoms with Crippen LogP contribution in [0.5, 0.6) is 5.75 Å². The fourth-order valence-corrected chi connectivity index (χ4v) is 5.25. The Labute approximate surface area is 189 Å². The van der Waals surface area contributed by atoms with Crippen molar-refractivity contribution in [2.75, 3.05) is 5.32 Å². The fraction of sp³-hybridized carbons (Fsp3) is 0.240. The first-order valence-electron chi connectivity index (χ1n) is 10.7. The van der Waals surface area contributed by atoms with Gasteiger partial charge in [0.1, 0.15) is 12.4 Å². The van der Waals surface area contributed by atoms with Crippen molar-refractivity contribution in [1.82, 2.24) is 9.38 Å². The van der Waals surface area contributed by atoms with E-state index < -0.39 is 0 Å². The Hall–Kier alpha value is -3.45. The molecule has 2 aromatic carbocycles. The van der Waals surface area contributed by atoms with Crippen molar-refractivity contribution in [2.45, 2.75) is 39.2 Å². The van der Waals surface area contributed by atoms with E-state index in [4.69, 9.17) is 4.74 Å². The molecule has 0 bridgehead atoms. The first kappa shape index (κ1) is 20.5. The second kappa shape index (κ2) is 8.59. The maximum atomic E-state index is 12.8. The van der Waals surface area contributed by atoms with Gasteiger partial charge < -0.3 is 10.1 Å². The molecule has 1 aliphatic rings. The monoisotopic (exact) mass is 445 g/mol. The van der Waals surface area contributed by atoms with Crippen molar-refractivity contribution in [3.8, 4) is 5.75 Å². The molecule has 0 atom stereocenters. The van der Waals surface area contributed by atoms with Crippen LogP contribution in [-0.4, -0.2) is 15.3 Å². The van der Waals surface area contributed by atoms with Crippen molar-refractivity contribution in [3.05, 3.63) is 92.3 Å². The number of amides is 1. The van der Waals surface area contributed by atoms with Gasteiger partial charge in [0.25, 0.3) is 11.5 Å². The molecule has 0 unspecified atom stereocenters. The first-order chi connectivity index (χ1) is 15.6. The van der Waals surface area contributed by atoms with Gasteiger partial charge in [0.05, 0.1) is 11.4 Å². The number of carbonyl (C=O) groups excluding carboxylic acids is 1. The summed E-state index contributed by atoms with van der Waals surface area (Å²) in [5, 5.41) is 2.93. The SMILES string of the molecule is Cc1ccc(OCc2cc(=O)n3c4c(sc3n2)CCCC4)c(NC(=O)c2ccccc2)c1. The van der Waals surface area contributed by atoms with Crippen molar-refractivity contribution in [3.63, 3.8) is 0 Å². The van der Waals surface area contributed by atoms with Crippen LogP contribution in [0, 0.1) is 6.92 Å². The van der Waals surface area contributed by atoms with Crippen molar-refractivity contribution < 1.29 is 9.53 Å². The van der Waals surface area contributed by atoms with Gasteiger partial charge in [-0.25, -0.2) is 4.98 Å². The van der Waals surface area contributed by atoms with Gasteiger partial charge in [0, 0.05) is 22.2 Å². The molecule has 1 N–H and O–H groups in total. The highest BCUT2D eigenvalue weighted by molar-refractivity contribution is 7.17. The minimum absolute atomic E-state index is 0.0606. The molecular formula is C25H23N3O3S. The Morgan fingerprint density at radius 1 is 1.12 bits per heavy atom. The van der Waals surface area contributed by atoms with E-state index in [1.807, 2.05) is 43.3 Å². The zero-order valence-corrected chi connectivity index (χ0v) is 18.6. The Morgan fingerprint density at radius 2 is 1.94 bits per heavy atom. The average molecular weight is 446 g/mol. The smallest absolute Gasteiger partial charge is 0.259 e. The topological polar surface area (TPSA) is 72.7 Å². The normalized spacial score (nSPS) is 13.0. The number of ether oxygens (including phenoxy) is 1. The molecule has 1 amide bonds. The van der Waals surface area contributed by atoms with Gasteiger partial charge in [-0.2, -0.15) is 0 Å². The van der Waals surface area contributed by atoms with Crippen molar-refractivity contribution >= 4 is 27.9 Å². The summed E-state index contributed by atoms with van der Waals surface area (Å²) in [7, 11) is 0. The lowest BCUT2D eigenvalue weighted by Gasteiger charge is -2.13. The minimum atomic E-state index is -0.206. The first-order valence-corrected chi connectivity index (χ1v) is 11.5. The number of aryl methyl sites for hydroxylation is 3. The summed E-state index contributed by atoms with van der Waals surface area (Å²) in [6.45, 7) is 2.10. The largest absolute Gasteiger partial charge is 0.485 e. The van der Waals surface area contributed by atoms with E-state index in [0.29, 0.717) is 22.7 Å². The highest BCUT2D eigenvalue weighted by Gasteiger charge is 2.19. The number of aromatic nitrogens is 2. The third-order valence-corrected chi connectivity index (χ3v) is 6.75. The molecule has 7 heteroatoms. The molecule has 0 spiro atoms. The number of rotatable bonds is 5. The second-order valence-electron chi connectivity index (χ2n) is 7.99. The van der Waals surface area contributed by atoms with Gasteiger partial charge in [-0.05, 0) is 62.4 Å². The number of anilines is 1. The number of benzene rings is 2. The Balaban J connectivity index is 1.38. The van der Waals surface area contributed by atoms with Gasteiger partial charge in [0.2, 0.25) is 0 Å². The molecule has 0 saturated carbocycles. The number of nitrogens with zero attached hydrogens (tertiary/aromatic N) is 2. The summed E-state index contributed by atoms with van der Waals surface area (Å²) < 4.78 is 7.75. The maximum Gasteiger partial charge on any atom is 0.259 e. The van der Waals surface area contributed by atoms with E-state index in [1.54, 1.807) is 33.9 Å². The molecule has 0 saturated heterocycles. The third-order valence-electron chi connectivity index (χ3n) is 5.61. The van der Waals surface area contributed by atoms with E-state index in [1.165, 1.54) is 4.88 Å². The number of nitrogens with one attached hydrogen (secondary N) is 1. The predicted octanol–water partition coefficient (Wildman–Crippen LogP) is 4.77. The summed E-state index contributed by atoms with van der Waals surface area (Å²) in [6, 6.07) is 16.2. The van der Waals surface area contributed by atoms with E-state index >= 15 is 0 Å². The predicted molar refractivity (Wildman–Crippen MR) is 126 cm³/mol. The van der Waals surface area contributed by atoms with Crippen LogP contribution in [0.3, 0.4) is 0 Å². The maximum absolute atomic E-state index is 12.8. The van der Waals surface area contributed by atoms with E-state index in [-0.39, 0.29) is 18.1 Å². The highest BCUT2D eigenvalue weighted by atomic mass is 32.1. The Morgan fingerprint density at radius 3 is 2.78 bits per heavy atom. The summed E-state index contributed by atoms with van der Waals surface area (Å²) in [4.78, 5) is 32.1. The molecule has 4 aromatic rings. The lowest BCUT2D eigenvalue weighted by atomic mass is 10.0. The zero-order valence-electron chi connectivity index (χ0n) is 17.8. The van der Waals surface area contributed by atoms with Crippen LogP contribution in [0.4, 0.5) is 5.69 Å². The molecule has 2 heterocycles. The lowest BCUT2D eigenvalue weighted by molar-refractivity contribution is 0.102. The zero-order chi connectivity index (χ0) is 22.1. The van der Waals surface area contributed by atoms with Crippen LogP contribution >= 0.6 is 11.3 Å². The van der Waals surface area contributed by atoms with Crippen LogP contribution in [0.25, 0.3) is 4.96 Å². The van der Waals surface area contributed by atoms with Gasteiger partial charge in [-0.1, -0.05) is 24.3 Å². The Bertz CT molecular complexity index is 1360. The Kier molecular flexibility index (Phi) is 5.49. The molecule has 0 aliphatic heterocycles. The van der Waals surface area contributed by atoms with Crippen LogP contribution < -0.4 is 15.6 Å².